The average molecular weight is 291 g/mol. The summed E-state index contributed by atoms with van der Waals surface area (Å²) in [6, 6.07) is 8.75. The smallest absolute Gasteiger partial charge is 0.170 e. The van der Waals surface area contributed by atoms with Crippen LogP contribution >= 0.6 is 12.2 Å². The second-order valence-corrected chi connectivity index (χ2v) is 5.98. The van der Waals surface area contributed by atoms with Crippen LogP contribution < -0.4 is 16.4 Å². The number of rotatable bonds is 5. The number of hydrogen-bond donors (Lipinski definition) is 2. The van der Waals surface area contributed by atoms with Crippen molar-refractivity contribution in [2.45, 2.75) is 44.4 Å². The van der Waals surface area contributed by atoms with Crippen molar-refractivity contribution < 1.29 is 0 Å². The fourth-order valence-electron chi connectivity index (χ4n) is 2.98. The molecule has 0 radical (unpaired) electrons. The van der Waals surface area contributed by atoms with E-state index < -0.39 is 0 Å². The van der Waals surface area contributed by atoms with Crippen LogP contribution in [0.5, 0.6) is 0 Å². The van der Waals surface area contributed by atoms with Crippen LogP contribution in [0.4, 0.5) is 5.69 Å². The molecule has 0 aromatic heterocycles. The highest BCUT2D eigenvalue weighted by atomic mass is 32.1. The molecule has 2 rings (SSSR count). The Bertz CT molecular complexity index is 424. The first-order chi connectivity index (χ1) is 9.72. The van der Waals surface area contributed by atoms with Gasteiger partial charge in [-0.1, -0.05) is 31.4 Å². The lowest BCUT2D eigenvalue weighted by atomic mass is 9.84. The van der Waals surface area contributed by atoms with E-state index in [1.807, 2.05) is 4.90 Å². The van der Waals surface area contributed by atoms with Crippen molar-refractivity contribution in [3.8, 4) is 0 Å². The van der Waals surface area contributed by atoms with Crippen molar-refractivity contribution in [1.29, 1.82) is 0 Å². The van der Waals surface area contributed by atoms with E-state index in [1.54, 1.807) is 0 Å². The molecular formula is C16H25N3S. The zero-order chi connectivity index (χ0) is 14.4. The van der Waals surface area contributed by atoms with Gasteiger partial charge in [0, 0.05) is 12.2 Å². The molecule has 0 atom stereocenters. The van der Waals surface area contributed by atoms with Gasteiger partial charge in [-0.3, -0.25) is 0 Å². The van der Waals surface area contributed by atoms with Crippen LogP contribution in [0.1, 0.15) is 50.0 Å². The summed E-state index contributed by atoms with van der Waals surface area (Å²) in [5.41, 5.74) is 13.9. The highest BCUT2D eigenvalue weighted by molar-refractivity contribution is 7.80. The zero-order valence-electron chi connectivity index (χ0n) is 12.1. The van der Waals surface area contributed by atoms with Gasteiger partial charge in [-0.25, -0.2) is 0 Å². The Labute approximate surface area is 127 Å². The predicted octanol–water partition coefficient (Wildman–Crippen LogP) is 3.13. The molecule has 110 valence electrons. The lowest BCUT2D eigenvalue weighted by Crippen LogP contribution is -2.37. The molecule has 1 fully saturated rings. The number of thiocarbonyl (C=S) groups is 1. The van der Waals surface area contributed by atoms with E-state index in [-0.39, 0.29) is 0 Å². The van der Waals surface area contributed by atoms with E-state index in [0.29, 0.717) is 11.7 Å². The second kappa shape index (κ2) is 7.60. The van der Waals surface area contributed by atoms with Gasteiger partial charge < -0.3 is 16.4 Å². The Hall–Kier alpha value is -1.13. The van der Waals surface area contributed by atoms with Crippen molar-refractivity contribution in [1.82, 2.24) is 0 Å². The number of anilines is 1. The maximum absolute atomic E-state index is 5.81. The molecule has 1 aliphatic carbocycles. The SMILES string of the molecule is NCCCN(C(N)=S)c1ccc(C2CCCCC2)cc1. The third-order valence-corrected chi connectivity index (χ3v) is 4.35. The first-order valence-electron chi connectivity index (χ1n) is 7.59. The van der Waals surface area contributed by atoms with Crippen LogP contribution in [0.2, 0.25) is 0 Å². The maximum atomic E-state index is 5.81. The molecule has 0 aliphatic heterocycles. The highest BCUT2D eigenvalue weighted by Gasteiger charge is 2.16. The molecule has 3 nitrogen and oxygen atoms in total. The van der Waals surface area contributed by atoms with Gasteiger partial charge in [-0.15, -0.1) is 0 Å². The molecule has 4 heteroatoms. The van der Waals surface area contributed by atoms with Gasteiger partial charge >= 0.3 is 0 Å². The first kappa shape index (κ1) is 15.3. The Morgan fingerprint density at radius 2 is 1.80 bits per heavy atom. The molecule has 0 bridgehead atoms. The lowest BCUT2D eigenvalue weighted by Gasteiger charge is -2.25. The number of nitrogens with zero attached hydrogens (tertiary/aromatic N) is 1. The number of benzene rings is 1. The van der Waals surface area contributed by atoms with Crippen LogP contribution in [-0.4, -0.2) is 18.2 Å². The first-order valence-corrected chi connectivity index (χ1v) is 8.00. The molecular weight excluding hydrogens is 266 g/mol. The van der Waals surface area contributed by atoms with Crippen LogP contribution in [0.25, 0.3) is 0 Å². The average Bonchev–Trinajstić information content (AvgIpc) is 2.49. The third kappa shape index (κ3) is 3.93. The second-order valence-electron chi connectivity index (χ2n) is 5.56. The standard InChI is InChI=1S/C16H25N3S/c17-11-4-12-19(16(18)20)15-9-7-14(8-10-15)13-5-2-1-3-6-13/h7-10,13H,1-6,11-12,17H2,(H2,18,20). The van der Waals surface area contributed by atoms with Crippen LogP contribution in [0.3, 0.4) is 0 Å². The van der Waals surface area contributed by atoms with Crippen molar-refractivity contribution in [3.63, 3.8) is 0 Å². The van der Waals surface area contributed by atoms with E-state index in [2.05, 4.69) is 24.3 Å². The molecule has 1 aromatic rings. The maximum Gasteiger partial charge on any atom is 0.170 e. The summed E-state index contributed by atoms with van der Waals surface area (Å²) in [6.45, 7) is 1.44. The normalized spacial score (nSPS) is 16.1. The minimum Gasteiger partial charge on any atom is -0.376 e. The topological polar surface area (TPSA) is 55.3 Å². The van der Waals surface area contributed by atoms with Gasteiger partial charge in [0.05, 0.1) is 0 Å². The van der Waals surface area contributed by atoms with Crippen molar-refractivity contribution in [2.75, 3.05) is 18.0 Å². The van der Waals surface area contributed by atoms with Gasteiger partial charge in [0.15, 0.2) is 5.11 Å². The number of nitrogens with two attached hydrogens (primary N) is 2. The van der Waals surface area contributed by atoms with Crippen LogP contribution in [0.15, 0.2) is 24.3 Å². The van der Waals surface area contributed by atoms with Crippen LogP contribution in [-0.2, 0) is 0 Å². The lowest BCUT2D eigenvalue weighted by molar-refractivity contribution is 0.443. The summed E-state index contributed by atoms with van der Waals surface area (Å²) < 4.78 is 0. The van der Waals surface area contributed by atoms with E-state index in [0.717, 1.165) is 24.6 Å². The summed E-state index contributed by atoms with van der Waals surface area (Å²) in [5.74, 6) is 0.736. The molecule has 0 saturated heterocycles. The molecule has 20 heavy (non-hydrogen) atoms. The Balaban J connectivity index is 2.06. The fraction of sp³-hybridized carbons (Fsp3) is 0.562. The van der Waals surface area contributed by atoms with E-state index in [1.165, 1.54) is 37.7 Å². The van der Waals surface area contributed by atoms with E-state index >= 15 is 0 Å². The Morgan fingerprint density at radius 1 is 1.15 bits per heavy atom. The zero-order valence-corrected chi connectivity index (χ0v) is 12.9. The van der Waals surface area contributed by atoms with Crippen molar-refractivity contribution >= 4 is 23.0 Å². The largest absolute Gasteiger partial charge is 0.376 e. The van der Waals surface area contributed by atoms with Gasteiger partial charge in [0.25, 0.3) is 0 Å². The van der Waals surface area contributed by atoms with Gasteiger partial charge in [0.1, 0.15) is 0 Å². The predicted molar refractivity (Wildman–Crippen MR) is 90.1 cm³/mol. The van der Waals surface area contributed by atoms with Crippen molar-refractivity contribution in [2.24, 2.45) is 11.5 Å². The molecule has 1 aromatic carbocycles. The van der Waals surface area contributed by atoms with E-state index in [9.17, 15) is 0 Å². The molecule has 1 saturated carbocycles. The molecule has 1 aliphatic rings. The Kier molecular flexibility index (Phi) is 5.80. The quantitative estimate of drug-likeness (QED) is 0.818. The van der Waals surface area contributed by atoms with Gasteiger partial charge in [0.2, 0.25) is 0 Å². The fourth-order valence-corrected chi connectivity index (χ4v) is 3.17. The number of hydrogen-bond acceptors (Lipinski definition) is 2. The molecule has 4 N–H and O–H groups in total. The summed E-state index contributed by atoms with van der Waals surface area (Å²) in [5, 5.41) is 0.420. The summed E-state index contributed by atoms with van der Waals surface area (Å²) in [7, 11) is 0. The molecule has 0 amide bonds. The van der Waals surface area contributed by atoms with Gasteiger partial charge in [-0.05, 0) is 61.6 Å². The van der Waals surface area contributed by atoms with Crippen LogP contribution in [0, 0.1) is 0 Å². The molecule has 0 unspecified atom stereocenters. The van der Waals surface area contributed by atoms with Gasteiger partial charge in [-0.2, -0.15) is 0 Å². The summed E-state index contributed by atoms with van der Waals surface area (Å²) >= 11 is 5.13. The third-order valence-electron chi connectivity index (χ3n) is 4.13. The van der Waals surface area contributed by atoms with E-state index in [4.69, 9.17) is 23.7 Å². The minimum atomic E-state index is 0.420. The molecule has 0 spiro atoms. The highest BCUT2D eigenvalue weighted by Crippen LogP contribution is 2.33. The van der Waals surface area contributed by atoms with Crippen molar-refractivity contribution in [3.05, 3.63) is 29.8 Å². The summed E-state index contributed by atoms with van der Waals surface area (Å²) in [6.07, 6.45) is 7.66. The minimum absolute atomic E-state index is 0.420. The Morgan fingerprint density at radius 3 is 2.35 bits per heavy atom. The monoisotopic (exact) mass is 291 g/mol. The molecule has 0 heterocycles. The summed E-state index contributed by atoms with van der Waals surface area (Å²) in [4.78, 5) is 1.97.